The summed E-state index contributed by atoms with van der Waals surface area (Å²) in [5.41, 5.74) is 2.97. The largest absolute Gasteiger partial charge is 0.192 e. The topological polar surface area (TPSA) is 23.8 Å². The first kappa shape index (κ1) is 11.2. The summed E-state index contributed by atoms with van der Waals surface area (Å²) in [6.45, 7) is 0. The van der Waals surface area contributed by atoms with Crippen LogP contribution < -0.4 is 0 Å². The van der Waals surface area contributed by atoms with Gasteiger partial charge in [0.15, 0.2) is 0 Å². The molecule has 1 heteroatoms. The highest BCUT2D eigenvalue weighted by Gasteiger charge is 1.95. The zero-order chi connectivity index (χ0) is 11.9. The van der Waals surface area contributed by atoms with Crippen LogP contribution in [-0.2, 0) is 6.42 Å². The van der Waals surface area contributed by atoms with Crippen molar-refractivity contribution >= 4 is 6.08 Å². The van der Waals surface area contributed by atoms with Gasteiger partial charge in [0.25, 0.3) is 0 Å². The molecule has 0 aromatic heterocycles. The van der Waals surface area contributed by atoms with Crippen LogP contribution in [0.15, 0.2) is 60.7 Å². The molecule has 0 saturated heterocycles. The molecule has 17 heavy (non-hydrogen) atoms. The van der Waals surface area contributed by atoms with Crippen molar-refractivity contribution < 1.29 is 0 Å². The van der Waals surface area contributed by atoms with Gasteiger partial charge in [0, 0.05) is 0 Å². The predicted molar refractivity (Wildman–Crippen MR) is 70.3 cm³/mol. The number of hydrogen-bond donors (Lipinski definition) is 0. The first-order valence-corrected chi connectivity index (χ1v) is 5.60. The second-order valence-electron chi connectivity index (χ2n) is 3.79. The van der Waals surface area contributed by atoms with E-state index in [1.807, 2.05) is 48.5 Å². The van der Waals surface area contributed by atoms with Gasteiger partial charge >= 0.3 is 0 Å². The molecule has 0 aliphatic carbocycles. The zero-order valence-corrected chi connectivity index (χ0v) is 9.51. The van der Waals surface area contributed by atoms with Crippen LogP contribution in [0.5, 0.6) is 0 Å². The molecule has 0 radical (unpaired) electrons. The summed E-state index contributed by atoms with van der Waals surface area (Å²) in [7, 11) is 0. The Hall–Kier alpha value is -2.33. The lowest BCUT2D eigenvalue weighted by Crippen LogP contribution is -1.82. The molecule has 0 bridgehead atoms. The maximum atomic E-state index is 8.95. The number of nitrogens with zero attached hydrogens (tertiary/aromatic N) is 1. The van der Waals surface area contributed by atoms with E-state index in [1.54, 1.807) is 0 Å². The molecule has 0 aliphatic rings. The van der Waals surface area contributed by atoms with Crippen molar-refractivity contribution in [1.29, 1.82) is 5.26 Å². The van der Waals surface area contributed by atoms with Crippen LogP contribution in [0.25, 0.3) is 6.08 Å². The Morgan fingerprint density at radius 2 is 1.65 bits per heavy atom. The van der Waals surface area contributed by atoms with Gasteiger partial charge in [0.2, 0.25) is 0 Å². The summed E-state index contributed by atoms with van der Waals surface area (Å²) in [5.74, 6) is 0. The smallest absolute Gasteiger partial charge is 0.0997 e. The SMILES string of the molecule is N#Cc1ccccc1C=CCc1ccccc1. The lowest BCUT2D eigenvalue weighted by atomic mass is 10.1. The first-order chi connectivity index (χ1) is 8.40. The monoisotopic (exact) mass is 219 g/mol. The normalized spacial score (nSPS) is 10.3. The van der Waals surface area contributed by atoms with Crippen LogP contribution in [0.4, 0.5) is 0 Å². The van der Waals surface area contributed by atoms with Gasteiger partial charge in [0.1, 0.15) is 0 Å². The third kappa shape index (κ3) is 3.06. The molecule has 2 rings (SSSR count). The van der Waals surface area contributed by atoms with Gasteiger partial charge in [-0.05, 0) is 23.6 Å². The second-order valence-corrected chi connectivity index (χ2v) is 3.79. The Kier molecular flexibility index (Phi) is 3.72. The molecule has 82 valence electrons. The Balaban J connectivity index is 2.09. The fourth-order valence-corrected chi connectivity index (χ4v) is 1.68. The molecular formula is C16H13N. The maximum Gasteiger partial charge on any atom is 0.0997 e. The average Bonchev–Trinajstić information content (AvgIpc) is 2.40. The van der Waals surface area contributed by atoms with E-state index in [-0.39, 0.29) is 0 Å². The van der Waals surface area contributed by atoms with E-state index in [1.165, 1.54) is 5.56 Å². The summed E-state index contributed by atoms with van der Waals surface area (Å²) in [6.07, 6.45) is 4.98. The fourth-order valence-electron chi connectivity index (χ4n) is 1.68. The third-order valence-corrected chi connectivity index (χ3v) is 2.58. The highest BCUT2D eigenvalue weighted by atomic mass is 14.2. The van der Waals surface area contributed by atoms with Crippen molar-refractivity contribution in [2.24, 2.45) is 0 Å². The summed E-state index contributed by atoms with van der Waals surface area (Å²) in [5, 5.41) is 8.95. The van der Waals surface area contributed by atoms with Crippen molar-refractivity contribution in [3.63, 3.8) is 0 Å². The number of hydrogen-bond acceptors (Lipinski definition) is 1. The Morgan fingerprint density at radius 1 is 0.941 bits per heavy atom. The Labute approximate surface area is 102 Å². The minimum Gasteiger partial charge on any atom is -0.192 e. The van der Waals surface area contributed by atoms with Crippen LogP contribution in [0, 0.1) is 11.3 Å². The van der Waals surface area contributed by atoms with Crippen molar-refractivity contribution in [3.8, 4) is 6.07 Å². The van der Waals surface area contributed by atoms with E-state index in [9.17, 15) is 0 Å². The van der Waals surface area contributed by atoms with E-state index in [2.05, 4.69) is 24.3 Å². The lowest BCUT2D eigenvalue weighted by Gasteiger charge is -1.97. The molecule has 2 aromatic carbocycles. The lowest BCUT2D eigenvalue weighted by molar-refractivity contribution is 1.28. The number of allylic oxidation sites excluding steroid dienone is 1. The molecule has 0 N–H and O–H groups in total. The van der Waals surface area contributed by atoms with Gasteiger partial charge in [-0.25, -0.2) is 0 Å². The molecule has 0 saturated carbocycles. The van der Waals surface area contributed by atoms with Gasteiger partial charge < -0.3 is 0 Å². The van der Waals surface area contributed by atoms with Crippen LogP contribution in [0.3, 0.4) is 0 Å². The molecule has 0 amide bonds. The zero-order valence-electron chi connectivity index (χ0n) is 9.51. The molecule has 0 fully saturated rings. The Morgan fingerprint density at radius 3 is 2.41 bits per heavy atom. The van der Waals surface area contributed by atoms with Gasteiger partial charge in [-0.3, -0.25) is 0 Å². The predicted octanol–water partition coefficient (Wildman–Crippen LogP) is 3.81. The quantitative estimate of drug-likeness (QED) is 0.770. The van der Waals surface area contributed by atoms with Crippen molar-refractivity contribution in [1.82, 2.24) is 0 Å². The van der Waals surface area contributed by atoms with E-state index in [4.69, 9.17) is 5.26 Å². The van der Waals surface area contributed by atoms with Crippen molar-refractivity contribution in [2.75, 3.05) is 0 Å². The molecule has 0 atom stereocenters. The van der Waals surface area contributed by atoms with Crippen molar-refractivity contribution in [3.05, 3.63) is 77.4 Å². The van der Waals surface area contributed by atoms with E-state index in [0.717, 1.165) is 17.5 Å². The van der Waals surface area contributed by atoms with Gasteiger partial charge in [-0.15, -0.1) is 0 Å². The molecule has 1 nitrogen and oxygen atoms in total. The van der Waals surface area contributed by atoms with Crippen LogP contribution >= 0.6 is 0 Å². The highest BCUT2D eigenvalue weighted by molar-refractivity contribution is 5.58. The molecule has 0 aliphatic heterocycles. The van der Waals surface area contributed by atoms with E-state index < -0.39 is 0 Å². The highest BCUT2D eigenvalue weighted by Crippen LogP contribution is 2.10. The van der Waals surface area contributed by atoms with Gasteiger partial charge in [-0.2, -0.15) is 5.26 Å². The fraction of sp³-hybridized carbons (Fsp3) is 0.0625. The summed E-state index contributed by atoms with van der Waals surface area (Å²) in [6, 6.07) is 20.1. The standard InChI is InChI=1S/C16H13N/c17-13-16-11-5-4-10-15(16)12-6-9-14-7-2-1-3-8-14/h1-8,10-12H,9H2. The summed E-state index contributed by atoms with van der Waals surface area (Å²) >= 11 is 0. The molecule has 0 unspecified atom stereocenters. The minimum absolute atomic E-state index is 0.719. The third-order valence-electron chi connectivity index (χ3n) is 2.58. The Bertz CT molecular complexity index is 547. The molecule has 0 spiro atoms. The van der Waals surface area contributed by atoms with Crippen LogP contribution in [0.2, 0.25) is 0 Å². The van der Waals surface area contributed by atoms with E-state index >= 15 is 0 Å². The summed E-state index contributed by atoms with van der Waals surface area (Å²) in [4.78, 5) is 0. The molecule has 0 heterocycles. The average molecular weight is 219 g/mol. The molecule has 2 aromatic rings. The second kappa shape index (κ2) is 5.67. The van der Waals surface area contributed by atoms with Crippen molar-refractivity contribution in [2.45, 2.75) is 6.42 Å². The van der Waals surface area contributed by atoms with Crippen LogP contribution in [-0.4, -0.2) is 0 Å². The molecular weight excluding hydrogens is 206 g/mol. The van der Waals surface area contributed by atoms with Crippen LogP contribution in [0.1, 0.15) is 16.7 Å². The maximum absolute atomic E-state index is 8.95. The summed E-state index contributed by atoms with van der Waals surface area (Å²) < 4.78 is 0. The van der Waals surface area contributed by atoms with E-state index in [0.29, 0.717) is 0 Å². The number of rotatable bonds is 3. The van der Waals surface area contributed by atoms with Gasteiger partial charge in [-0.1, -0.05) is 60.7 Å². The first-order valence-electron chi connectivity index (χ1n) is 5.60. The number of benzene rings is 2. The number of nitriles is 1. The minimum atomic E-state index is 0.719. The van der Waals surface area contributed by atoms with Gasteiger partial charge in [0.05, 0.1) is 11.6 Å².